The molecule has 1 N–H and O–H groups in total. The molecule has 0 radical (unpaired) electrons. The number of amides is 1. The van der Waals surface area contributed by atoms with Gasteiger partial charge in [0.1, 0.15) is 11.6 Å². The van der Waals surface area contributed by atoms with Crippen LogP contribution >= 0.6 is 0 Å². The summed E-state index contributed by atoms with van der Waals surface area (Å²) in [4.78, 5) is 18.6. The SMILES string of the molecule is O=C(Nc1ccc(F)cc1)C1CCN(Cc2ccn(-c3ccc(C(F)(F)F)cn3)c2)CC1. The van der Waals surface area contributed by atoms with E-state index >= 15 is 0 Å². The van der Waals surface area contributed by atoms with Gasteiger partial charge < -0.3 is 9.88 Å². The second-order valence-electron chi connectivity index (χ2n) is 7.88. The quantitative estimate of drug-likeness (QED) is 0.569. The van der Waals surface area contributed by atoms with Crippen LogP contribution in [0, 0.1) is 11.7 Å². The van der Waals surface area contributed by atoms with E-state index in [1.165, 1.54) is 18.2 Å². The van der Waals surface area contributed by atoms with Crippen LogP contribution in [0.1, 0.15) is 24.0 Å². The van der Waals surface area contributed by atoms with Crippen LogP contribution in [0.2, 0.25) is 0 Å². The van der Waals surface area contributed by atoms with E-state index in [1.54, 1.807) is 22.9 Å². The molecule has 0 spiro atoms. The Bertz CT molecular complexity index is 1050. The normalized spacial score (nSPS) is 15.6. The van der Waals surface area contributed by atoms with Gasteiger partial charge in [0.15, 0.2) is 0 Å². The standard InChI is InChI=1S/C23H22F4N4O/c24-19-2-4-20(5-3-19)29-22(32)17-8-10-30(11-9-17)14-16-7-12-31(15-16)21-6-1-18(13-28-21)23(25,26)27/h1-7,12-13,15,17H,8-11,14H2,(H,29,32). The number of likely N-dealkylation sites (tertiary alicyclic amines) is 1. The van der Waals surface area contributed by atoms with Crippen LogP contribution in [-0.2, 0) is 17.5 Å². The summed E-state index contributed by atoms with van der Waals surface area (Å²) in [5, 5.41) is 2.83. The predicted molar refractivity (Wildman–Crippen MR) is 112 cm³/mol. The Kier molecular flexibility index (Phi) is 6.27. The number of hydrogen-bond donors (Lipinski definition) is 1. The number of benzene rings is 1. The van der Waals surface area contributed by atoms with E-state index in [-0.39, 0.29) is 17.6 Å². The van der Waals surface area contributed by atoms with E-state index < -0.39 is 11.7 Å². The smallest absolute Gasteiger partial charge is 0.326 e. The Morgan fingerprint density at radius 1 is 1.06 bits per heavy atom. The van der Waals surface area contributed by atoms with Gasteiger partial charge in [-0.15, -0.1) is 0 Å². The third kappa shape index (κ3) is 5.34. The highest BCUT2D eigenvalue weighted by Gasteiger charge is 2.30. The lowest BCUT2D eigenvalue weighted by molar-refractivity contribution is -0.137. The van der Waals surface area contributed by atoms with Gasteiger partial charge in [-0.1, -0.05) is 0 Å². The maximum atomic E-state index is 13.0. The Labute approximate surface area is 182 Å². The van der Waals surface area contributed by atoms with Crippen LogP contribution in [0.4, 0.5) is 23.2 Å². The van der Waals surface area contributed by atoms with Gasteiger partial charge in [0.05, 0.1) is 5.56 Å². The van der Waals surface area contributed by atoms with Crippen LogP contribution in [0.25, 0.3) is 5.82 Å². The highest BCUT2D eigenvalue weighted by atomic mass is 19.4. The van der Waals surface area contributed by atoms with Gasteiger partial charge in [-0.05, 0) is 74.0 Å². The molecule has 1 saturated heterocycles. The molecule has 0 saturated carbocycles. The third-order valence-electron chi connectivity index (χ3n) is 5.57. The molecule has 9 heteroatoms. The summed E-state index contributed by atoms with van der Waals surface area (Å²) in [7, 11) is 0. The molecular formula is C23H22F4N4O. The topological polar surface area (TPSA) is 50.2 Å². The molecule has 32 heavy (non-hydrogen) atoms. The number of pyridine rings is 1. The van der Waals surface area contributed by atoms with Gasteiger partial charge in [0.25, 0.3) is 0 Å². The van der Waals surface area contributed by atoms with Crippen molar-refractivity contribution in [2.45, 2.75) is 25.6 Å². The van der Waals surface area contributed by atoms with Gasteiger partial charge >= 0.3 is 6.18 Å². The van der Waals surface area contributed by atoms with Crippen molar-refractivity contribution in [2.75, 3.05) is 18.4 Å². The van der Waals surface area contributed by atoms with Gasteiger partial charge in [-0.2, -0.15) is 13.2 Å². The molecule has 3 aromatic rings. The number of nitrogens with zero attached hydrogens (tertiary/aromatic N) is 3. The van der Waals surface area contributed by atoms with Crippen molar-refractivity contribution in [2.24, 2.45) is 5.92 Å². The summed E-state index contributed by atoms with van der Waals surface area (Å²) in [6.45, 7) is 2.19. The monoisotopic (exact) mass is 446 g/mol. The minimum absolute atomic E-state index is 0.0595. The lowest BCUT2D eigenvalue weighted by Crippen LogP contribution is -2.37. The number of hydrogen-bond acceptors (Lipinski definition) is 3. The van der Waals surface area contributed by atoms with Crippen molar-refractivity contribution in [3.8, 4) is 5.82 Å². The lowest BCUT2D eigenvalue weighted by Gasteiger charge is -2.31. The fourth-order valence-corrected chi connectivity index (χ4v) is 3.77. The second-order valence-corrected chi connectivity index (χ2v) is 7.88. The molecule has 0 aliphatic carbocycles. The van der Waals surface area contributed by atoms with E-state index in [0.717, 1.165) is 30.9 Å². The minimum Gasteiger partial charge on any atom is -0.326 e. The van der Waals surface area contributed by atoms with E-state index in [2.05, 4.69) is 15.2 Å². The summed E-state index contributed by atoms with van der Waals surface area (Å²) in [6, 6.07) is 9.97. The molecular weight excluding hydrogens is 424 g/mol. The predicted octanol–water partition coefficient (Wildman–Crippen LogP) is 4.88. The van der Waals surface area contributed by atoms with E-state index in [4.69, 9.17) is 0 Å². The van der Waals surface area contributed by atoms with E-state index in [0.29, 0.717) is 30.9 Å². The summed E-state index contributed by atoms with van der Waals surface area (Å²) in [5.74, 6) is -0.0901. The first-order valence-electron chi connectivity index (χ1n) is 10.3. The van der Waals surface area contributed by atoms with Crippen molar-refractivity contribution >= 4 is 11.6 Å². The molecule has 168 valence electrons. The number of rotatable bonds is 5. The van der Waals surface area contributed by atoms with E-state index in [9.17, 15) is 22.4 Å². The first-order valence-corrected chi connectivity index (χ1v) is 10.3. The molecule has 0 unspecified atom stereocenters. The maximum absolute atomic E-state index is 13.0. The number of carbonyl (C=O) groups excluding carboxylic acids is 1. The minimum atomic E-state index is -4.41. The van der Waals surface area contributed by atoms with Crippen LogP contribution in [0.5, 0.6) is 0 Å². The zero-order valence-electron chi connectivity index (χ0n) is 17.1. The Morgan fingerprint density at radius 3 is 2.41 bits per heavy atom. The molecule has 0 atom stereocenters. The molecule has 1 aromatic carbocycles. The molecule has 2 aromatic heterocycles. The molecule has 1 aliphatic heterocycles. The average molecular weight is 446 g/mol. The second kappa shape index (κ2) is 9.12. The van der Waals surface area contributed by atoms with Crippen molar-refractivity contribution in [1.29, 1.82) is 0 Å². The number of aromatic nitrogens is 2. The van der Waals surface area contributed by atoms with Crippen molar-refractivity contribution in [1.82, 2.24) is 14.5 Å². The first kappa shape index (κ1) is 22.0. The zero-order valence-corrected chi connectivity index (χ0v) is 17.1. The molecule has 1 aliphatic rings. The molecule has 5 nitrogen and oxygen atoms in total. The summed E-state index contributed by atoms with van der Waals surface area (Å²) in [6.07, 6.45) is 1.48. The Hall–Kier alpha value is -3.20. The van der Waals surface area contributed by atoms with E-state index in [1.807, 2.05) is 12.3 Å². The van der Waals surface area contributed by atoms with Crippen LogP contribution < -0.4 is 5.32 Å². The fraction of sp³-hybridized carbons (Fsp3) is 0.304. The van der Waals surface area contributed by atoms with Crippen molar-refractivity contribution in [3.63, 3.8) is 0 Å². The number of piperidine rings is 1. The number of nitrogens with one attached hydrogen (secondary N) is 1. The zero-order chi connectivity index (χ0) is 22.7. The van der Waals surface area contributed by atoms with Gasteiger partial charge in [-0.25, -0.2) is 9.37 Å². The number of anilines is 1. The molecule has 1 fully saturated rings. The van der Waals surface area contributed by atoms with Crippen LogP contribution in [0.15, 0.2) is 61.1 Å². The van der Waals surface area contributed by atoms with Gasteiger partial charge in [0.2, 0.25) is 5.91 Å². The van der Waals surface area contributed by atoms with Crippen molar-refractivity contribution in [3.05, 3.63) is 78.0 Å². The molecule has 4 rings (SSSR count). The molecule has 3 heterocycles. The van der Waals surface area contributed by atoms with Gasteiger partial charge in [0, 0.05) is 36.7 Å². The lowest BCUT2D eigenvalue weighted by atomic mass is 9.95. The van der Waals surface area contributed by atoms with Gasteiger partial charge in [-0.3, -0.25) is 9.69 Å². The number of halogens is 4. The fourth-order valence-electron chi connectivity index (χ4n) is 3.77. The maximum Gasteiger partial charge on any atom is 0.417 e. The Morgan fingerprint density at radius 2 is 1.78 bits per heavy atom. The molecule has 1 amide bonds. The Balaban J connectivity index is 1.29. The highest BCUT2D eigenvalue weighted by molar-refractivity contribution is 5.92. The largest absolute Gasteiger partial charge is 0.417 e. The summed E-state index contributed by atoms with van der Waals surface area (Å²) >= 11 is 0. The van der Waals surface area contributed by atoms with Crippen LogP contribution in [-0.4, -0.2) is 33.4 Å². The first-order chi connectivity index (χ1) is 15.3. The summed E-state index contributed by atoms with van der Waals surface area (Å²) < 4.78 is 52.8. The summed E-state index contributed by atoms with van der Waals surface area (Å²) in [5.41, 5.74) is 0.818. The number of alkyl halides is 3. The number of carbonyl (C=O) groups is 1. The van der Waals surface area contributed by atoms with Crippen LogP contribution in [0.3, 0.4) is 0 Å². The highest BCUT2D eigenvalue weighted by Crippen LogP contribution is 2.29. The average Bonchev–Trinajstić information content (AvgIpc) is 3.24. The third-order valence-corrected chi connectivity index (χ3v) is 5.57. The van der Waals surface area contributed by atoms with Crippen molar-refractivity contribution < 1.29 is 22.4 Å². The molecule has 0 bridgehead atoms.